The lowest BCUT2D eigenvalue weighted by Crippen LogP contribution is -2.57. The summed E-state index contributed by atoms with van der Waals surface area (Å²) < 4.78 is 13.7. The molecule has 0 radical (unpaired) electrons. The molecule has 2 aliphatic rings. The van der Waals surface area contributed by atoms with Gasteiger partial charge in [0.15, 0.2) is 0 Å². The summed E-state index contributed by atoms with van der Waals surface area (Å²) in [5.74, 6) is 0.0345. The van der Waals surface area contributed by atoms with Gasteiger partial charge in [-0.05, 0) is 43.9 Å². The molecule has 3 rings (SSSR count). The molecule has 0 bridgehead atoms. The fourth-order valence-corrected chi connectivity index (χ4v) is 4.10. The van der Waals surface area contributed by atoms with Gasteiger partial charge in [-0.3, -0.25) is 4.90 Å². The summed E-state index contributed by atoms with van der Waals surface area (Å²) in [5, 5.41) is 10.9. The monoisotopic (exact) mass is 340 g/mol. The molecule has 1 saturated heterocycles. The molecule has 1 aliphatic heterocycles. The predicted octanol–water partition coefficient (Wildman–Crippen LogP) is 3.89. The zero-order chi connectivity index (χ0) is 16.4. The first-order valence-corrected chi connectivity index (χ1v) is 9.08. The highest BCUT2D eigenvalue weighted by Crippen LogP contribution is 2.30. The smallest absolute Gasteiger partial charge is 0.143 e. The van der Waals surface area contributed by atoms with E-state index in [1.165, 1.54) is 25.3 Å². The predicted molar refractivity (Wildman–Crippen MR) is 92.4 cm³/mol. The Balaban J connectivity index is 1.63. The van der Waals surface area contributed by atoms with Gasteiger partial charge in [0.25, 0.3) is 0 Å². The Kier molecular flexibility index (Phi) is 5.45. The molecule has 1 unspecified atom stereocenters. The van der Waals surface area contributed by atoms with Crippen molar-refractivity contribution in [2.24, 2.45) is 5.92 Å². The average molecular weight is 341 g/mol. The third kappa shape index (κ3) is 3.81. The van der Waals surface area contributed by atoms with Crippen LogP contribution in [0.4, 0.5) is 10.1 Å². The number of aliphatic hydroxyl groups is 1. The van der Waals surface area contributed by atoms with E-state index in [2.05, 4.69) is 16.7 Å². The van der Waals surface area contributed by atoms with Crippen LogP contribution in [0.25, 0.3) is 0 Å². The van der Waals surface area contributed by atoms with Gasteiger partial charge >= 0.3 is 0 Å². The van der Waals surface area contributed by atoms with Gasteiger partial charge in [0, 0.05) is 31.4 Å². The van der Waals surface area contributed by atoms with Crippen molar-refractivity contribution in [3.05, 3.63) is 29.0 Å². The molecule has 23 heavy (non-hydrogen) atoms. The van der Waals surface area contributed by atoms with Crippen LogP contribution in [0.3, 0.4) is 0 Å². The number of rotatable bonds is 3. The number of aliphatic hydroxyl groups excluding tert-OH is 1. The second-order valence-electron chi connectivity index (χ2n) is 6.94. The zero-order valence-electron chi connectivity index (χ0n) is 13.7. The van der Waals surface area contributed by atoms with Gasteiger partial charge in [-0.25, -0.2) is 4.39 Å². The van der Waals surface area contributed by atoms with Crippen molar-refractivity contribution >= 4 is 17.3 Å². The first-order chi connectivity index (χ1) is 11.1. The molecule has 1 aromatic rings. The van der Waals surface area contributed by atoms with E-state index in [-0.39, 0.29) is 23.1 Å². The SMILES string of the molecule is C[C@@H]1CN(c2ccc(Cl)c(F)c2)CCN1C(O)C1CCCCC1. The van der Waals surface area contributed by atoms with Crippen LogP contribution < -0.4 is 4.90 Å². The van der Waals surface area contributed by atoms with E-state index >= 15 is 0 Å². The second-order valence-corrected chi connectivity index (χ2v) is 7.35. The van der Waals surface area contributed by atoms with Crippen molar-refractivity contribution in [3.63, 3.8) is 0 Å². The van der Waals surface area contributed by atoms with E-state index in [0.29, 0.717) is 5.92 Å². The summed E-state index contributed by atoms with van der Waals surface area (Å²) in [4.78, 5) is 4.40. The van der Waals surface area contributed by atoms with Crippen molar-refractivity contribution < 1.29 is 9.50 Å². The number of hydrogen-bond acceptors (Lipinski definition) is 3. The second kappa shape index (κ2) is 7.37. The van der Waals surface area contributed by atoms with Gasteiger partial charge < -0.3 is 10.0 Å². The van der Waals surface area contributed by atoms with Gasteiger partial charge in [-0.1, -0.05) is 30.9 Å². The first-order valence-electron chi connectivity index (χ1n) is 8.70. The number of piperazine rings is 1. The number of benzene rings is 1. The summed E-state index contributed by atoms with van der Waals surface area (Å²) >= 11 is 5.76. The lowest BCUT2D eigenvalue weighted by Gasteiger charge is -2.45. The van der Waals surface area contributed by atoms with Crippen molar-refractivity contribution in [1.29, 1.82) is 0 Å². The highest BCUT2D eigenvalue weighted by Gasteiger charge is 2.33. The van der Waals surface area contributed by atoms with Gasteiger partial charge in [-0.15, -0.1) is 0 Å². The Morgan fingerprint density at radius 1 is 1.22 bits per heavy atom. The van der Waals surface area contributed by atoms with Crippen LogP contribution in [0.5, 0.6) is 0 Å². The van der Waals surface area contributed by atoms with Crippen LogP contribution in [0.1, 0.15) is 39.0 Å². The molecule has 1 saturated carbocycles. The molecule has 0 spiro atoms. The summed E-state index contributed by atoms with van der Waals surface area (Å²) in [6.45, 7) is 4.55. The Bertz CT molecular complexity index is 536. The lowest BCUT2D eigenvalue weighted by atomic mass is 9.87. The highest BCUT2D eigenvalue weighted by atomic mass is 35.5. The molecule has 2 fully saturated rings. The van der Waals surface area contributed by atoms with Crippen molar-refractivity contribution in [1.82, 2.24) is 4.90 Å². The minimum Gasteiger partial charge on any atom is -0.378 e. The van der Waals surface area contributed by atoms with Crippen LogP contribution in [0.2, 0.25) is 5.02 Å². The molecule has 128 valence electrons. The van der Waals surface area contributed by atoms with Crippen molar-refractivity contribution in [3.8, 4) is 0 Å². The van der Waals surface area contributed by atoms with E-state index < -0.39 is 0 Å². The maximum absolute atomic E-state index is 13.7. The van der Waals surface area contributed by atoms with Crippen LogP contribution >= 0.6 is 11.6 Å². The van der Waals surface area contributed by atoms with E-state index in [1.807, 2.05) is 6.07 Å². The van der Waals surface area contributed by atoms with E-state index in [4.69, 9.17) is 11.6 Å². The Morgan fingerprint density at radius 2 is 1.96 bits per heavy atom. The van der Waals surface area contributed by atoms with E-state index in [9.17, 15) is 9.50 Å². The van der Waals surface area contributed by atoms with E-state index in [1.54, 1.807) is 6.07 Å². The molecule has 5 heteroatoms. The zero-order valence-corrected chi connectivity index (χ0v) is 14.5. The maximum atomic E-state index is 13.7. The van der Waals surface area contributed by atoms with Gasteiger partial charge in [0.05, 0.1) is 5.02 Å². The van der Waals surface area contributed by atoms with Crippen molar-refractivity contribution in [2.75, 3.05) is 24.5 Å². The number of nitrogens with zero attached hydrogens (tertiary/aromatic N) is 2. The molecule has 3 nitrogen and oxygen atoms in total. The van der Waals surface area contributed by atoms with Crippen LogP contribution in [0, 0.1) is 11.7 Å². The molecular formula is C18H26ClFN2O. The number of hydrogen-bond donors (Lipinski definition) is 1. The van der Waals surface area contributed by atoms with Gasteiger partial charge in [-0.2, -0.15) is 0 Å². The van der Waals surface area contributed by atoms with Crippen LogP contribution in [-0.2, 0) is 0 Å². The number of anilines is 1. The lowest BCUT2D eigenvalue weighted by molar-refractivity contribution is -0.0726. The third-order valence-electron chi connectivity index (χ3n) is 5.36. The van der Waals surface area contributed by atoms with Crippen molar-refractivity contribution in [2.45, 2.75) is 51.3 Å². The topological polar surface area (TPSA) is 26.7 Å². The molecular weight excluding hydrogens is 315 g/mol. The Morgan fingerprint density at radius 3 is 2.61 bits per heavy atom. The standard InChI is InChI=1S/C18H26ClFN2O/c1-13-12-21(15-7-8-16(19)17(20)11-15)9-10-22(13)18(23)14-5-3-2-4-6-14/h7-8,11,13-14,18,23H,2-6,9-10,12H2,1H3/t13-,18?/m1/s1. The van der Waals surface area contributed by atoms with Crippen LogP contribution in [-0.4, -0.2) is 41.9 Å². The molecule has 0 aromatic heterocycles. The minimum atomic E-state index is -0.374. The molecule has 1 heterocycles. The fraction of sp³-hybridized carbons (Fsp3) is 0.667. The molecule has 1 N–H and O–H groups in total. The van der Waals surface area contributed by atoms with E-state index in [0.717, 1.165) is 38.2 Å². The summed E-state index contributed by atoms with van der Waals surface area (Å²) in [5.41, 5.74) is 0.866. The Labute approximate surface area is 143 Å². The molecule has 2 atom stereocenters. The first kappa shape index (κ1) is 17.0. The number of halogens is 2. The van der Waals surface area contributed by atoms with Gasteiger partial charge in [0.1, 0.15) is 12.0 Å². The molecule has 1 aliphatic carbocycles. The van der Waals surface area contributed by atoms with Gasteiger partial charge in [0.2, 0.25) is 0 Å². The third-order valence-corrected chi connectivity index (χ3v) is 5.66. The Hall–Kier alpha value is -0.840. The molecule has 0 amide bonds. The quantitative estimate of drug-likeness (QED) is 0.904. The maximum Gasteiger partial charge on any atom is 0.143 e. The summed E-state index contributed by atoms with van der Waals surface area (Å²) in [6, 6.07) is 5.23. The van der Waals surface area contributed by atoms with Crippen LogP contribution in [0.15, 0.2) is 18.2 Å². The normalized spacial score (nSPS) is 25.6. The molecule has 1 aromatic carbocycles. The average Bonchev–Trinajstić information content (AvgIpc) is 2.57. The summed E-state index contributed by atoms with van der Waals surface area (Å²) in [6.07, 6.45) is 5.71. The fourth-order valence-electron chi connectivity index (χ4n) is 3.98. The minimum absolute atomic E-state index is 0.160. The largest absolute Gasteiger partial charge is 0.378 e. The highest BCUT2D eigenvalue weighted by molar-refractivity contribution is 6.30. The summed E-state index contributed by atoms with van der Waals surface area (Å²) in [7, 11) is 0.